The topological polar surface area (TPSA) is 38.7 Å². The van der Waals surface area contributed by atoms with Gasteiger partial charge in [0.15, 0.2) is 17.6 Å². The molecule has 0 saturated carbocycles. The van der Waals surface area contributed by atoms with E-state index in [2.05, 4.69) is 0 Å². The van der Waals surface area contributed by atoms with Crippen LogP contribution in [0.1, 0.15) is 5.56 Å². The third-order valence-corrected chi connectivity index (χ3v) is 3.64. The van der Waals surface area contributed by atoms with E-state index < -0.39 is 18.0 Å². The van der Waals surface area contributed by atoms with Gasteiger partial charge in [0, 0.05) is 11.4 Å². The summed E-state index contributed by atoms with van der Waals surface area (Å²) in [6, 6.07) is 11.7. The predicted octanol–water partition coefficient (Wildman–Crippen LogP) is 3.22. The Kier molecular flexibility index (Phi) is 3.99. The van der Waals surface area contributed by atoms with Gasteiger partial charge in [-0.15, -0.1) is 0 Å². The van der Waals surface area contributed by atoms with E-state index in [1.54, 1.807) is 24.3 Å². The Bertz CT molecular complexity index is 647. The highest BCUT2D eigenvalue weighted by Gasteiger charge is 2.28. The maximum Gasteiger partial charge on any atom is 0.161 e. The van der Waals surface area contributed by atoms with Crippen molar-refractivity contribution in [3.05, 3.63) is 58.9 Å². The lowest BCUT2D eigenvalue weighted by atomic mass is 10.0. The van der Waals surface area contributed by atoms with Gasteiger partial charge >= 0.3 is 0 Å². The van der Waals surface area contributed by atoms with Crippen LogP contribution in [-0.2, 0) is 6.42 Å². The third-order valence-electron chi connectivity index (χ3n) is 3.40. The molecule has 0 spiro atoms. The summed E-state index contributed by atoms with van der Waals surface area (Å²) in [6.07, 6.45) is -1.26. The van der Waals surface area contributed by atoms with E-state index in [1.165, 1.54) is 6.07 Å². The Hall–Kier alpha value is -1.78. The smallest absolute Gasteiger partial charge is 0.161 e. The Labute approximate surface area is 126 Å². The van der Waals surface area contributed by atoms with E-state index in [9.17, 15) is 9.50 Å². The molecular weight excluding hydrogens is 295 g/mol. The maximum atomic E-state index is 13.7. The lowest BCUT2D eigenvalue weighted by Crippen LogP contribution is -2.40. The molecule has 110 valence electrons. The van der Waals surface area contributed by atoms with Crippen LogP contribution in [0.15, 0.2) is 42.5 Å². The fraction of sp³-hybridized carbons (Fsp3) is 0.250. The van der Waals surface area contributed by atoms with Crippen molar-refractivity contribution in [2.24, 2.45) is 0 Å². The summed E-state index contributed by atoms with van der Waals surface area (Å²) >= 11 is 5.71. The largest absolute Gasteiger partial charge is 0.486 e. The van der Waals surface area contributed by atoms with Crippen molar-refractivity contribution >= 4 is 11.6 Å². The molecule has 2 unspecified atom stereocenters. The van der Waals surface area contributed by atoms with Crippen LogP contribution in [-0.4, -0.2) is 23.9 Å². The number of aliphatic hydroxyl groups excluding tert-OH is 1. The average Bonchev–Trinajstić information content (AvgIpc) is 2.49. The molecule has 3 rings (SSSR count). The van der Waals surface area contributed by atoms with E-state index in [4.69, 9.17) is 21.1 Å². The Morgan fingerprint density at radius 2 is 2.00 bits per heavy atom. The van der Waals surface area contributed by atoms with Crippen LogP contribution in [0.3, 0.4) is 0 Å². The van der Waals surface area contributed by atoms with Gasteiger partial charge in [0.2, 0.25) is 0 Å². The standard InChI is InChI=1S/C16H14ClFO3/c17-11-6-5-10(12(18)8-11)7-13(19)16-9-20-14-3-1-2-4-15(14)21-16/h1-6,8,13,16,19H,7,9H2. The van der Waals surface area contributed by atoms with Crippen LogP contribution in [0.4, 0.5) is 4.39 Å². The molecule has 2 aromatic carbocycles. The van der Waals surface area contributed by atoms with E-state index >= 15 is 0 Å². The summed E-state index contributed by atoms with van der Waals surface area (Å²) in [4.78, 5) is 0. The molecule has 1 N–H and O–H groups in total. The van der Waals surface area contributed by atoms with Crippen molar-refractivity contribution in [1.82, 2.24) is 0 Å². The number of aliphatic hydroxyl groups is 1. The highest BCUT2D eigenvalue weighted by molar-refractivity contribution is 6.30. The summed E-state index contributed by atoms with van der Waals surface area (Å²) in [5.74, 6) is 0.807. The molecule has 0 aliphatic carbocycles. The summed E-state index contributed by atoms with van der Waals surface area (Å²) in [5.41, 5.74) is 0.398. The molecule has 0 radical (unpaired) electrons. The van der Waals surface area contributed by atoms with Crippen LogP contribution in [0, 0.1) is 5.82 Å². The number of fused-ring (bicyclic) bond motifs is 1. The molecule has 21 heavy (non-hydrogen) atoms. The SMILES string of the molecule is OC(Cc1ccc(Cl)cc1F)C1COc2ccccc2O1. The van der Waals surface area contributed by atoms with E-state index in [-0.39, 0.29) is 13.0 Å². The first-order chi connectivity index (χ1) is 10.1. The molecule has 0 bridgehead atoms. The molecule has 0 aromatic heterocycles. The second-order valence-electron chi connectivity index (χ2n) is 4.92. The Balaban J connectivity index is 1.70. The average molecular weight is 309 g/mol. The number of hydrogen-bond acceptors (Lipinski definition) is 3. The summed E-state index contributed by atoms with van der Waals surface area (Å²) in [6.45, 7) is 0.230. The lowest BCUT2D eigenvalue weighted by molar-refractivity contribution is -0.00973. The van der Waals surface area contributed by atoms with Crippen molar-refractivity contribution in [1.29, 1.82) is 0 Å². The van der Waals surface area contributed by atoms with Gasteiger partial charge in [0.1, 0.15) is 12.4 Å². The molecule has 0 amide bonds. The Morgan fingerprint density at radius 3 is 2.76 bits per heavy atom. The summed E-state index contributed by atoms with van der Waals surface area (Å²) in [5, 5.41) is 10.6. The molecule has 2 atom stereocenters. The molecular formula is C16H14ClFO3. The fourth-order valence-electron chi connectivity index (χ4n) is 2.27. The van der Waals surface area contributed by atoms with Gasteiger partial charge < -0.3 is 14.6 Å². The summed E-state index contributed by atoms with van der Waals surface area (Å²) < 4.78 is 25.0. The molecule has 0 fully saturated rings. The zero-order valence-corrected chi connectivity index (χ0v) is 11.9. The molecule has 5 heteroatoms. The van der Waals surface area contributed by atoms with Crippen LogP contribution < -0.4 is 9.47 Å². The number of rotatable bonds is 3. The van der Waals surface area contributed by atoms with Crippen LogP contribution >= 0.6 is 11.6 Å². The van der Waals surface area contributed by atoms with Crippen LogP contribution in [0.2, 0.25) is 5.02 Å². The van der Waals surface area contributed by atoms with E-state index in [0.717, 1.165) is 0 Å². The zero-order chi connectivity index (χ0) is 14.8. The minimum Gasteiger partial charge on any atom is -0.486 e. The maximum absolute atomic E-state index is 13.7. The van der Waals surface area contributed by atoms with Gasteiger partial charge in [0.25, 0.3) is 0 Å². The van der Waals surface area contributed by atoms with Crippen molar-refractivity contribution in [2.75, 3.05) is 6.61 Å². The number of benzene rings is 2. The molecule has 1 heterocycles. The highest BCUT2D eigenvalue weighted by atomic mass is 35.5. The number of hydrogen-bond donors (Lipinski definition) is 1. The fourth-order valence-corrected chi connectivity index (χ4v) is 2.43. The first-order valence-corrected chi connectivity index (χ1v) is 7.02. The molecule has 2 aromatic rings. The monoisotopic (exact) mass is 308 g/mol. The first kappa shape index (κ1) is 14.2. The number of para-hydroxylation sites is 2. The van der Waals surface area contributed by atoms with Gasteiger partial charge in [-0.25, -0.2) is 4.39 Å². The quantitative estimate of drug-likeness (QED) is 0.946. The van der Waals surface area contributed by atoms with Crippen molar-refractivity contribution in [3.63, 3.8) is 0 Å². The second kappa shape index (κ2) is 5.92. The summed E-state index contributed by atoms with van der Waals surface area (Å²) in [7, 11) is 0. The minimum atomic E-state index is -0.867. The molecule has 1 aliphatic heterocycles. The van der Waals surface area contributed by atoms with Gasteiger partial charge in [-0.3, -0.25) is 0 Å². The van der Waals surface area contributed by atoms with Crippen LogP contribution in [0.25, 0.3) is 0 Å². The molecule has 0 saturated heterocycles. The van der Waals surface area contributed by atoms with Gasteiger partial charge in [0.05, 0.1) is 6.10 Å². The highest BCUT2D eigenvalue weighted by Crippen LogP contribution is 2.32. The minimum absolute atomic E-state index is 0.138. The van der Waals surface area contributed by atoms with Crippen LogP contribution in [0.5, 0.6) is 11.5 Å². The molecule has 3 nitrogen and oxygen atoms in total. The normalized spacial score (nSPS) is 18.3. The second-order valence-corrected chi connectivity index (χ2v) is 5.36. The van der Waals surface area contributed by atoms with Crippen molar-refractivity contribution in [2.45, 2.75) is 18.6 Å². The lowest BCUT2D eigenvalue weighted by Gasteiger charge is -2.29. The number of ether oxygens (including phenoxy) is 2. The number of halogens is 2. The predicted molar refractivity (Wildman–Crippen MR) is 77.5 cm³/mol. The third kappa shape index (κ3) is 3.12. The van der Waals surface area contributed by atoms with E-state index in [1.807, 2.05) is 12.1 Å². The Morgan fingerprint density at radius 1 is 1.24 bits per heavy atom. The van der Waals surface area contributed by atoms with Crippen molar-refractivity contribution in [3.8, 4) is 11.5 Å². The molecule has 1 aliphatic rings. The van der Waals surface area contributed by atoms with E-state index in [0.29, 0.717) is 22.1 Å². The van der Waals surface area contributed by atoms with Gasteiger partial charge in [-0.2, -0.15) is 0 Å². The first-order valence-electron chi connectivity index (χ1n) is 6.64. The van der Waals surface area contributed by atoms with Gasteiger partial charge in [-0.1, -0.05) is 29.8 Å². The van der Waals surface area contributed by atoms with Crippen molar-refractivity contribution < 1.29 is 19.0 Å². The zero-order valence-electron chi connectivity index (χ0n) is 11.1. The van der Waals surface area contributed by atoms with Gasteiger partial charge in [-0.05, 0) is 29.8 Å².